The molecule has 1 aliphatic carbocycles. The van der Waals surface area contributed by atoms with Crippen molar-refractivity contribution >= 4 is 11.8 Å². The number of nitrogens with one attached hydrogen (secondary N) is 1. The fourth-order valence-corrected chi connectivity index (χ4v) is 3.46. The molecule has 3 rings (SSSR count). The van der Waals surface area contributed by atoms with E-state index in [1.807, 2.05) is 0 Å². The van der Waals surface area contributed by atoms with Crippen LogP contribution in [0.15, 0.2) is 24.3 Å². The second kappa shape index (κ2) is 7.68. The molecule has 1 N–H and O–H groups in total. The number of piperidine rings is 1. The Bertz CT molecular complexity index is 671. The van der Waals surface area contributed by atoms with Crippen molar-refractivity contribution in [2.45, 2.75) is 38.3 Å². The molecule has 2 amide bonds. The number of alkyl halides is 3. The number of benzene rings is 1. The van der Waals surface area contributed by atoms with Gasteiger partial charge in [-0.3, -0.25) is 9.59 Å². The van der Waals surface area contributed by atoms with Crippen LogP contribution in [0.2, 0.25) is 0 Å². The average Bonchev–Trinajstić information content (AvgIpc) is 3.46. The maximum Gasteiger partial charge on any atom is 0.416 e. The Morgan fingerprint density at radius 3 is 2.54 bits per heavy atom. The highest BCUT2D eigenvalue weighted by Crippen LogP contribution is 2.33. The Labute approximate surface area is 150 Å². The summed E-state index contributed by atoms with van der Waals surface area (Å²) in [7, 11) is 0. The summed E-state index contributed by atoms with van der Waals surface area (Å²) in [4.78, 5) is 26.3. The van der Waals surface area contributed by atoms with E-state index in [0.717, 1.165) is 25.3 Å². The van der Waals surface area contributed by atoms with Gasteiger partial charge in [0, 0.05) is 25.6 Å². The fraction of sp³-hybridized carbons (Fsp3) is 0.579. The minimum absolute atomic E-state index is 0.124. The largest absolute Gasteiger partial charge is 0.416 e. The van der Waals surface area contributed by atoms with Crippen molar-refractivity contribution in [1.82, 2.24) is 10.2 Å². The summed E-state index contributed by atoms with van der Waals surface area (Å²) in [5.74, 6) is -0.176. The first kappa shape index (κ1) is 18.7. The molecule has 142 valence electrons. The SMILES string of the molecule is O=C(NCCc1ccccc1C(F)(F)F)C1CCCN(C(=O)C2CC2)C1. The molecule has 4 nitrogen and oxygen atoms in total. The van der Waals surface area contributed by atoms with Gasteiger partial charge in [-0.15, -0.1) is 0 Å². The molecule has 1 aromatic carbocycles. The zero-order valence-electron chi connectivity index (χ0n) is 14.5. The molecule has 26 heavy (non-hydrogen) atoms. The number of halogens is 3. The molecule has 0 aromatic heterocycles. The number of amides is 2. The Hall–Kier alpha value is -2.05. The number of rotatable bonds is 5. The van der Waals surface area contributed by atoms with Crippen LogP contribution in [0.1, 0.15) is 36.8 Å². The van der Waals surface area contributed by atoms with Gasteiger partial charge < -0.3 is 10.2 Å². The van der Waals surface area contributed by atoms with Crippen molar-refractivity contribution in [1.29, 1.82) is 0 Å². The van der Waals surface area contributed by atoms with Gasteiger partial charge in [0.05, 0.1) is 11.5 Å². The predicted molar refractivity (Wildman–Crippen MR) is 90.2 cm³/mol. The number of hydrogen-bond acceptors (Lipinski definition) is 2. The number of hydrogen-bond donors (Lipinski definition) is 1. The number of likely N-dealkylation sites (tertiary alicyclic amines) is 1. The molecule has 7 heteroatoms. The van der Waals surface area contributed by atoms with Crippen molar-refractivity contribution in [2.75, 3.05) is 19.6 Å². The van der Waals surface area contributed by atoms with Gasteiger partial charge in [-0.1, -0.05) is 18.2 Å². The Kier molecular flexibility index (Phi) is 5.53. The minimum Gasteiger partial charge on any atom is -0.355 e. The van der Waals surface area contributed by atoms with Crippen molar-refractivity contribution in [3.05, 3.63) is 35.4 Å². The van der Waals surface area contributed by atoms with Crippen LogP contribution >= 0.6 is 0 Å². The van der Waals surface area contributed by atoms with Gasteiger partial charge in [0.25, 0.3) is 0 Å². The highest BCUT2D eigenvalue weighted by atomic mass is 19.4. The number of carbonyl (C=O) groups excluding carboxylic acids is 2. The maximum absolute atomic E-state index is 13.0. The van der Waals surface area contributed by atoms with Crippen LogP contribution in [-0.2, 0) is 22.2 Å². The zero-order valence-corrected chi connectivity index (χ0v) is 14.5. The van der Waals surface area contributed by atoms with Crippen LogP contribution in [0.3, 0.4) is 0 Å². The molecule has 2 fully saturated rings. The van der Waals surface area contributed by atoms with Crippen LogP contribution < -0.4 is 5.32 Å². The summed E-state index contributed by atoms with van der Waals surface area (Å²) in [6.45, 7) is 1.26. The molecule has 0 radical (unpaired) electrons. The van der Waals surface area contributed by atoms with Crippen LogP contribution in [0.25, 0.3) is 0 Å². The molecule has 1 saturated carbocycles. The van der Waals surface area contributed by atoms with Crippen molar-refractivity contribution in [3.63, 3.8) is 0 Å². The van der Waals surface area contributed by atoms with E-state index in [1.165, 1.54) is 12.1 Å². The second-order valence-electron chi connectivity index (χ2n) is 7.09. The first-order chi connectivity index (χ1) is 12.4. The zero-order chi connectivity index (χ0) is 18.7. The van der Waals surface area contributed by atoms with Crippen molar-refractivity contribution in [3.8, 4) is 0 Å². The van der Waals surface area contributed by atoms with E-state index in [-0.39, 0.29) is 42.2 Å². The third-order valence-corrected chi connectivity index (χ3v) is 5.05. The highest BCUT2D eigenvalue weighted by Gasteiger charge is 2.37. The first-order valence-corrected chi connectivity index (χ1v) is 9.08. The second-order valence-corrected chi connectivity index (χ2v) is 7.09. The van der Waals surface area contributed by atoms with Gasteiger partial charge in [-0.05, 0) is 43.7 Å². The molecule has 1 aromatic rings. The van der Waals surface area contributed by atoms with Crippen molar-refractivity contribution in [2.24, 2.45) is 11.8 Å². The molecule has 2 aliphatic rings. The molecule has 1 saturated heterocycles. The predicted octanol–water partition coefficient (Wildman–Crippen LogP) is 3.01. The van der Waals surface area contributed by atoms with Gasteiger partial charge in [-0.25, -0.2) is 0 Å². The minimum atomic E-state index is -4.40. The standard InChI is InChI=1S/C19H23F3N2O2/c20-19(21,22)16-6-2-1-4-13(16)9-10-23-17(25)15-5-3-11-24(12-15)18(26)14-7-8-14/h1-2,4,6,14-15H,3,5,7-12H2,(H,23,25). The molecule has 1 unspecified atom stereocenters. The molecule has 1 heterocycles. The van der Waals surface area contributed by atoms with Gasteiger partial charge in [0.2, 0.25) is 11.8 Å². The summed E-state index contributed by atoms with van der Waals surface area (Å²) in [5, 5.41) is 2.74. The van der Waals surface area contributed by atoms with Crippen LogP contribution in [0.4, 0.5) is 13.2 Å². The first-order valence-electron chi connectivity index (χ1n) is 9.08. The third kappa shape index (κ3) is 4.56. The summed E-state index contributed by atoms with van der Waals surface area (Å²) in [6.07, 6.45) is -0.908. The Morgan fingerprint density at radius 2 is 1.85 bits per heavy atom. The maximum atomic E-state index is 13.0. The molecule has 0 spiro atoms. The van der Waals surface area contributed by atoms with E-state index >= 15 is 0 Å². The molecule has 1 aliphatic heterocycles. The van der Waals surface area contributed by atoms with Gasteiger partial charge in [0.1, 0.15) is 0 Å². The molecule has 0 bridgehead atoms. The third-order valence-electron chi connectivity index (χ3n) is 5.05. The van der Waals surface area contributed by atoms with Gasteiger partial charge in [0.15, 0.2) is 0 Å². The smallest absolute Gasteiger partial charge is 0.355 e. The van der Waals surface area contributed by atoms with Gasteiger partial charge >= 0.3 is 6.18 Å². The number of nitrogens with zero attached hydrogens (tertiary/aromatic N) is 1. The lowest BCUT2D eigenvalue weighted by atomic mass is 9.96. The highest BCUT2D eigenvalue weighted by molar-refractivity contribution is 5.83. The van der Waals surface area contributed by atoms with E-state index in [1.54, 1.807) is 11.0 Å². The van der Waals surface area contributed by atoms with Crippen molar-refractivity contribution < 1.29 is 22.8 Å². The number of carbonyl (C=O) groups is 2. The average molecular weight is 368 g/mol. The normalized spacial score (nSPS) is 20.7. The van der Waals surface area contributed by atoms with E-state index in [4.69, 9.17) is 0 Å². The Morgan fingerprint density at radius 1 is 1.12 bits per heavy atom. The van der Waals surface area contributed by atoms with E-state index in [2.05, 4.69) is 5.32 Å². The summed E-state index contributed by atoms with van der Waals surface area (Å²) in [5.41, 5.74) is -0.484. The van der Waals surface area contributed by atoms with Crippen LogP contribution in [-0.4, -0.2) is 36.3 Å². The topological polar surface area (TPSA) is 49.4 Å². The fourth-order valence-electron chi connectivity index (χ4n) is 3.46. The quantitative estimate of drug-likeness (QED) is 0.869. The molecule has 1 atom stereocenters. The van der Waals surface area contributed by atoms with E-state index in [0.29, 0.717) is 19.5 Å². The lowest BCUT2D eigenvalue weighted by molar-refractivity contribution is -0.138. The molecular formula is C19H23F3N2O2. The van der Waals surface area contributed by atoms with E-state index in [9.17, 15) is 22.8 Å². The lowest BCUT2D eigenvalue weighted by Crippen LogP contribution is -2.46. The van der Waals surface area contributed by atoms with Gasteiger partial charge in [-0.2, -0.15) is 13.2 Å². The summed E-state index contributed by atoms with van der Waals surface area (Å²) < 4.78 is 39.0. The monoisotopic (exact) mass is 368 g/mol. The van der Waals surface area contributed by atoms with Crippen LogP contribution in [0.5, 0.6) is 0 Å². The van der Waals surface area contributed by atoms with Crippen LogP contribution in [0, 0.1) is 11.8 Å². The summed E-state index contributed by atoms with van der Waals surface area (Å²) in [6, 6.07) is 5.42. The van der Waals surface area contributed by atoms with E-state index < -0.39 is 11.7 Å². The lowest BCUT2D eigenvalue weighted by Gasteiger charge is -2.32. The Balaban J connectivity index is 1.51. The summed E-state index contributed by atoms with van der Waals surface area (Å²) >= 11 is 0. The molecular weight excluding hydrogens is 345 g/mol.